The van der Waals surface area contributed by atoms with Crippen LogP contribution in [-0.4, -0.2) is 25.2 Å². The largest absolute Gasteiger partial charge is 0.494 e. The van der Waals surface area contributed by atoms with Gasteiger partial charge in [0.1, 0.15) is 23.0 Å². The van der Waals surface area contributed by atoms with Gasteiger partial charge in [-0.3, -0.25) is 0 Å². The number of esters is 2. The van der Waals surface area contributed by atoms with Crippen LogP contribution in [0, 0.1) is 0 Å². The van der Waals surface area contributed by atoms with E-state index in [1.54, 1.807) is 72.8 Å². The fraction of sp³-hybridized carbons (Fsp3) is 0.250. The zero-order chi connectivity index (χ0) is 27.0. The van der Waals surface area contributed by atoms with Crippen molar-refractivity contribution in [2.45, 2.75) is 38.5 Å². The molecule has 0 unspecified atom stereocenters. The molecule has 3 aromatic carbocycles. The van der Waals surface area contributed by atoms with Gasteiger partial charge in [0, 0.05) is 0 Å². The van der Waals surface area contributed by atoms with E-state index in [0.717, 1.165) is 38.5 Å². The molecular weight excluding hydrogens is 480 g/mol. The minimum absolute atomic E-state index is 0.340. The van der Waals surface area contributed by atoms with Gasteiger partial charge in [-0.15, -0.1) is 13.2 Å². The summed E-state index contributed by atoms with van der Waals surface area (Å²) in [6.45, 7) is 8.64. The Hall–Kier alpha value is -4.32. The molecular formula is C32H34O6. The van der Waals surface area contributed by atoms with Crippen LogP contribution in [0.2, 0.25) is 0 Å². The molecule has 3 aromatic rings. The molecule has 0 spiro atoms. The maximum Gasteiger partial charge on any atom is 0.343 e. The second kappa shape index (κ2) is 15.7. The summed E-state index contributed by atoms with van der Waals surface area (Å²) in [6.07, 6.45) is 9.68. The summed E-state index contributed by atoms with van der Waals surface area (Å²) in [4.78, 5) is 24.9. The molecule has 0 heterocycles. The maximum atomic E-state index is 12.5. The first-order valence-electron chi connectivity index (χ1n) is 12.8. The van der Waals surface area contributed by atoms with E-state index in [1.165, 1.54) is 0 Å². The Morgan fingerprint density at radius 3 is 1.21 bits per heavy atom. The van der Waals surface area contributed by atoms with Gasteiger partial charge in [0.05, 0.1) is 24.3 Å². The van der Waals surface area contributed by atoms with Crippen LogP contribution in [0.1, 0.15) is 59.2 Å². The molecule has 0 aliphatic carbocycles. The van der Waals surface area contributed by atoms with Gasteiger partial charge in [0.25, 0.3) is 0 Å². The van der Waals surface area contributed by atoms with E-state index in [2.05, 4.69) is 13.2 Å². The first-order valence-corrected chi connectivity index (χ1v) is 12.8. The van der Waals surface area contributed by atoms with Gasteiger partial charge in [-0.25, -0.2) is 9.59 Å². The maximum absolute atomic E-state index is 12.5. The van der Waals surface area contributed by atoms with Gasteiger partial charge >= 0.3 is 11.9 Å². The molecule has 0 aliphatic heterocycles. The van der Waals surface area contributed by atoms with Crippen LogP contribution < -0.4 is 18.9 Å². The summed E-state index contributed by atoms with van der Waals surface area (Å²) in [7, 11) is 0. The predicted octanol–water partition coefficient (Wildman–Crippen LogP) is 7.60. The lowest BCUT2D eigenvalue weighted by atomic mass is 10.2. The van der Waals surface area contributed by atoms with Gasteiger partial charge in [0.2, 0.25) is 0 Å². The minimum atomic E-state index is -0.490. The Morgan fingerprint density at radius 2 is 0.868 bits per heavy atom. The summed E-state index contributed by atoms with van der Waals surface area (Å²) in [5.74, 6) is 1.10. The van der Waals surface area contributed by atoms with E-state index < -0.39 is 11.9 Å². The van der Waals surface area contributed by atoms with Crippen molar-refractivity contribution in [3.8, 4) is 23.0 Å². The predicted molar refractivity (Wildman–Crippen MR) is 148 cm³/mol. The third-order valence-electron chi connectivity index (χ3n) is 5.57. The molecule has 0 aromatic heterocycles. The topological polar surface area (TPSA) is 71.1 Å². The van der Waals surface area contributed by atoms with E-state index >= 15 is 0 Å². The van der Waals surface area contributed by atoms with Crippen LogP contribution in [0.4, 0.5) is 0 Å². The average molecular weight is 515 g/mol. The van der Waals surface area contributed by atoms with E-state index in [-0.39, 0.29) is 0 Å². The van der Waals surface area contributed by atoms with Crippen LogP contribution >= 0.6 is 0 Å². The number of carbonyl (C=O) groups is 2. The Balaban J connectivity index is 1.44. The van der Waals surface area contributed by atoms with E-state index in [4.69, 9.17) is 18.9 Å². The minimum Gasteiger partial charge on any atom is -0.494 e. The molecule has 0 radical (unpaired) electrons. The van der Waals surface area contributed by atoms with Crippen LogP contribution in [0.25, 0.3) is 0 Å². The summed E-state index contributed by atoms with van der Waals surface area (Å²) < 4.78 is 22.2. The van der Waals surface area contributed by atoms with Gasteiger partial charge < -0.3 is 18.9 Å². The van der Waals surface area contributed by atoms with Crippen molar-refractivity contribution in [3.05, 3.63) is 109 Å². The van der Waals surface area contributed by atoms with Crippen molar-refractivity contribution >= 4 is 11.9 Å². The fourth-order valence-electron chi connectivity index (χ4n) is 3.44. The molecule has 0 fully saturated rings. The molecule has 6 heteroatoms. The zero-order valence-corrected chi connectivity index (χ0v) is 21.6. The number of hydrogen-bond donors (Lipinski definition) is 0. The molecule has 0 aliphatic rings. The highest BCUT2D eigenvalue weighted by atomic mass is 16.5. The summed E-state index contributed by atoms with van der Waals surface area (Å²) >= 11 is 0. The molecule has 0 N–H and O–H groups in total. The summed E-state index contributed by atoms with van der Waals surface area (Å²) in [5, 5.41) is 0. The second-order valence-electron chi connectivity index (χ2n) is 8.57. The molecule has 198 valence electrons. The quantitative estimate of drug-likeness (QED) is 0.0848. The highest BCUT2D eigenvalue weighted by Crippen LogP contribution is 2.21. The van der Waals surface area contributed by atoms with Crippen molar-refractivity contribution in [2.75, 3.05) is 13.2 Å². The molecule has 0 saturated carbocycles. The van der Waals surface area contributed by atoms with E-state index in [0.29, 0.717) is 47.3 Å². The number of ether oxygens (including phenoxy) is 4. The average Bonchev–Trinajstić information content (AvgIpc) is 2.94. The van der Waals surface area contributed by atoms with Crippen LogP contribution in [0.3, 0.4) is 0 Å². The number of rotatable bonds is 16. The fourth-order valence-corrected chi connectivity index (χ4v) is 3.44. The molecule has 38 heavy (non-hydrogen) atoms. The first kappa shape index (κ1) is 28.3. The molecule has 0 saturated heterocycles. The van der Waals surface area contributed by atoms with Crippen LogP contribution in [0.15, 0.2) is 98.1 Å². The molecule has 0 amide bonds. The number of carbonyl (C=O) groups excluding carboxylic acids is 2. The first-order chi connectivity index (χ1) is 18.6. The second-order valence-corrected chi connectivity index (χ2v) is 8.57. The number of allylic oxidation sites excluding steroid dienone is 2. The van der Waals surface area contributed by atoms with Gasteiger partial charge in [-0.1, -0.05) is 12.2 Å². The molecule has 0 atom stereocenters. The lowest BCUT2D eigenvalue weighted by Crippen LogP contribution is -2.09. The standard InChI is InChI=1S/C32H34O6/c1-3-5-7-9-23-35-27-15-11-25(12-16-27)31(33)37-29-19-21-30(22-20-29)38-32(34)26-13-17-28(18-14-26)36-24-10-8-6-4-2/h3-4,11-22H,1-2,5-10,23-24H2. The number of benzene rings is 3. The lowest BCUT2D eigenvalue weighted by Gasteiger charge is -2.09. The number of hydrogen-bond acceptors (Lipinski definition) is 6. The van der Waals surface area contributed by atoms with Crippen molar-refractivity contribution in [2.24, 2.45) is 0 Å². The van der Waals surface area contributed by atoms with Crippen molar-refractivity contribution in [1.29, 1.82) is 0 Å². The third kappa shape index (κ3) is 9.62. The zero-order valence-electron chi connectivity index (χ0n) is 21.6. The smallest absolute Gasteiger partial charge is 0.343 e. The Labute approximate surface area is 224 Å². The lowest BCUT2D eigenvalue weighted by molar-refractivity contribution is 0.0719. The van der Waals surface area contributed by atoms with Gasteiger partial charge in [0.15, 0.2) is 0 Å². The summed E-state index contributed by atoms with van der Waals surface area (Å²) in [6, 6.07) is 19.9. The monoisotopic (exact) mass is 514 g/mol. The summed E-state index contributed by atoms with van der Waals surface area (Å²) in [5.41, 5.74) is 0.812. The van der Waals surface area contributed by atoms with Crippen LogP contribution in [-0.2, 0) is 0 Å². The van der Waals surface area contributed by atoms with Crippen molar-refractivity contribution in [3.63, 3.8) is 0 Å². The third-order valence-corrected chi connectivity index (χ3v) is 5.57. The number of unbranched alkanes of at least 4 members (excludes halogenated alkanes) is 4. The van der Waals surface area contributed by atoms with Crippen molar-refractivity contribution in [1.82, 2.24) is 0 Å². The van der Waals surface area contributed by atoms with Crippen LogP contribution in [0.5, 0.6) is 23.0 Å². The Morgan fingerprint density at radius 1 is 0.526 bits per heavy atom. The van der Waals surface area contributed by atoms with Gasteiger partial charge in [-0.2, -0.15) is 0 Å². The highest BCUT2D eigenvalue weighted by Gasteiger charge is 2.12. The van der Waals surface area contributed by atoms with Crippen molar-refractivity contribution < 1.29 is 28.5 Å². The van der Waals surface area contributed by atoms with E-state index in [9.17, 15) is 9.59 Å². The highest BCUT2D eigenvalue weighted by molar-refractivity contribution is 5.92. The Bertz CT molecular complexity index is 1070. The molecule has 3 rings (SSSR count). The van der Waals surface area contributed by atoms with E-state index in [1.807, 2.05) is 12.2 Å². The van der Waals surface area contributed by atoms with Gasteiger partial charge in [-0.05, 0) is 111 Å². The molecule has 6 nitrogen and oxygen atoms in total. The normalized spacial score (nSPS) is 10.3. The SMILES string of the molecule is C=CCCCCOc1ccc(C(=O)Oc2ccc(OC(=O)c3ccc(OCCCCC=C)cc3)cc2)cc1. The Kier molecular flexibility index (Phi) is 11.7. The molecule has 0 bridgehead atoms.